The van der Waals surface area contributed by atoms with Crippen LogP contribution in [0.2, 0.25) is 0 Å². The molecule has 0 radical (unpaired) electrons. The molecule has 0 amide bonds. The van der Waals surface area contributed by atoms with E-state index in [-0.39, 0.29) is 0 Å². The first-order valence-corrected chi connectivity index (χ1v) is 6.90. The highest BCUT2D eigenvalue weighted by Gasteiger charge is 2.14. The van der Waals surface area contributed by atoms with Gasteiger partial charge in [0.15, 0.2) is 0 Å². The maximum Gasteiger partial charge on any atom is 0.113 e. The largest absolute Gasteiger partial charge is 0.384 e. The Bertz CT molecular complexity index is 799. The van der Waals surface area contributed by atoms with Crippen molar-refractivity contribution in [1.29, 1.82) is 5.26 Å². The predicted molar refractivity (Wildman–Crippen MR) is 81.9 cm³/mol. The van der Waals surface area contributed by atoms with E-state index in [1.165, 1.54) is 0 Å². The first kappa shape index (κ1) is 13.1. The van der Waals surface area contributed by atoms with Gasteiger partial charge in [0.1, 0.15) is 17.3 Å². The smallest absolute Gasteiger partial charge is 0.113 e. The van der Waals surface area contributed by atoms with Crippen molar-refractivity contribution in [2.75, 3.05) is 11.9 Å². The minimum Gasteiger partial charge on any atom is -0.384 e. The fraction of sp³-hybridized carbons (Fsp3) is 0.188. The van der Waals surface area contributed by atoms with Crippen LogP contribution in [0.15, 0.2) is 42.9 Å². The zero-order valence-corrected chi connectivity index (χ0v) is 11.7. The van der Waals surface area contributed by atoms with Crippen LogP contribution in [0.5, 0.6) is 0 Å². The number of pyridine rings is 2. The van der Waals surface area contributed by atoms with Crippen LogP contribution >= 0.6 is 0 Å². The fourth-order valence-corrected chi connectivity index (χ4v) is 2.24. The van der Waals surface area contributed by atoms with Crippen LogP contribution < -0.4 is 5.32 Å². The van der Waals surface area contributed by atoms with Crippen LogP contribution in [0.25, 0.3) is 16.8 Å². The number of hydrogen-bond acceptors (Lipinski definition) is 4. The number of aromatic nitrogens is 3. The molecule has 0 bridgehead atoms. The quantitative estimate of drug-likeness (QED) is 0.795. The molecule has 5 heteroatoms. The summed E-state index contributed by atoms with van der Waals surface area (Å²) in [6.07, 6.45) is 6.39. The van der Waals surface area contributed by atoms with E-state index in [9.17, 15) is 5.26 Å². The molecule has 0 atom stereocenters. The van der Waals surface area contributed by atoms with Gasteiger partial charge in [0.25, 0.3) is 0 Å². The second-order valence-electron chi connectivity index (χ2n) is 4.75. The molecule has 0 fully saturated rings. The molecule has 0 aliphatic rings. The summed E-state index contributed by atoms with van der Waals surface area (Å²) in [5.41, 5.74) is 3.89. The molecule has 3 aromatic rings. The van der Waals surface area contributed by atoms with E-state index in [1.54, 1.807) is 16.9 Å². The van der Waals surface area contributed by atoms with Crippen LogP contribution in [0, 0.1) is 11.3 Å². The summed E-state index contributed by atoms with van der Waals surface area (Å²) in [5.74, 6) is 0. The standard InChI is InChI=1S/C16H15N5/c1-2-7-19-13-5-6-15-14(9-17)16(20-21(15)11-13)12-4-3-8-18-10-12/h3-6,8,10-11,19H,2,7H2,1H3. The molecular formula is C16H15N5. The van der Waals surface area contributed by atoms with E-state index >= 15 is 0 Å². The number of nitrogens with one attached hydrogen (secondary N) is 1. The van der Waals surface area contributed by atoms with Crippen LogP contribution in [0.1, 0.15) is 18.9 Å². The number of nitrogens with zero attached hydrogens (tertiary/aromatic N) is 4. The Labute approximate surface area is 122 Å². The third-order valence-electron chi connectivity index (χ3n) is 3.26. The first-order valence-electron chi connectivity index (χ1n) is 6.90. The van der Waals surface area contributed by atoms with Crippen molar-refractivity contribution in [2.45, 2.75) is 13.3 Å². The van der Waals surface area contributed by atoms with Gasteiger partial charge in [-0.1, -0.05) is 6.92 Å². The number of nitriles is 1. The van der Waals surface area contributed by atoms with E-state index in [4.69, 9.17) is 0 Å². The second kappa shape index (κ2) is 5.63. The lowest BCUT2D eigenvalue weighted by atomic mass is 10.1. The predicted octanol–water partition coefficient (Wildman–Crippen LogP) is 3.09. The molecule has 1 N–H and O–H groups in total. The summed E-state index contributed by atoms with van der Waals surface area (Å²) in [6.45, 7) is 3.03. The lowest BCUT2D eigenvalue weighted by Gasteiger charge is -2.04. The molecule has 104 valence electrons. The lowest BCUT2D eigenvalue weighted by Crippen LogP contribution is -2.01. The maximum atomic E-state index is 9.44. The molecule has 0 spiro atoms. The highest BCUT2D eigenvalue weighted by molar-refractivity contribution is 5.77. The highest BCUT2D eigenvalue weighted by atomic mass is 15.2. The van der Waals surface area contributed by atoms with Crippen molar-refractivity contribution in [3.63, 3.8) is 0 Å². The Hall–Kier alpha value is -2.87. The van der Waals surface area contributed by atoms with Crippen LogP contribution in [0.3, 0.4) is 0 Å². The molecule has 0 saturated heterocycles. The molecule has 3 heterocycles. The molecule has 3 aromatic heterocycles. The molecule has 3 rings (SSSR count). The molecule has 5 nitrogen and oxygen atoms in total. The summed E-state index contributed by atoms with van der Waals surface area (Å²) < 4.78 is 1.75. The monoisotopic (exact) mass is 277 g/mol. The SMILES string of the molecule is CCCNc1ccc2c(C#N)c(-c3cccnc3)nn2c1. The summed E-state index contributed by atoms with van der Waals surface area (Å²) in [5, 5.41) is 17.3. The van der Waals surface area contributed by atoms with Crippen molar-refractivity contribution in [3.8, 4) is 17.3 Å². The number of rotatable bonds is 4. The minimum absolute atomic E-state index is 0.574. The third-order valence-corrected chi connectivity index (χ3v) is 3.26. The molecule has 21 heavy (non-hydrogen) atoms. The molecule has 0 aromatic carbocycles. The number of fused-ring (bicyclic) bond motifs is 1. The van der Waals surface area contributed by atoms with Gasteiger partial charge in [0.05, 0.1) is 17.4 Å². The summed E-state index contributed by atoms with van der Waals surface area (Å²) in [4.78, 5) is 4.09. The highest BCUT2D eigenvalue weighted by Crippen LogP contribution is 2.25. The summed E-state index contributed by atoms with van der Waals surface area (Å²) in [7, 11) is 0. The Kier molecular flexibility index (Phi) is 3.52. The Balaban J connectivity index is 2.12. The van der Waals surface area contributed by atoms with Gasteiger partial charge < -0.3 is 5.32 Å². The Morgan fingerprint density at radius 1 is 1.33 bits per heavy atom. The van der Waals surface area contributed by atoms with Crippen molar-refractivity contribution in [3.05, 3.63) is 48.4 Å². The molecule has 0 aliphatic carbocycles. The van der Waals surface area contributed by atoms with E-state index in [0.29, 0.717) is 11.3 Å². The van der Waals surface area contributed by atoms with E-state index in [1.807, 2.05) is 30.5 Å². The van der Waals surface area contributed by atoms with Gasteiger partial charge in [-0.15, -0.1) is 0 Å². The molecule has 0 unspecified atom stereocenters. The van der Waals surface area contributed by atoms with E-state index < -0.39 is 0 Å². The Morgan fingerprint density at radius 2 is 2.24 bits per heavy atom. The second-order valence-corrected chi connectivity index (χ2v) is 4.75. The van der Waals surface area contributed by atoms with Crippen molar-refractivity contribution >= 4 is 11.2 Å². The van der Waals surface area contributed by atoms with Gasteiger partial charge in [0.2, 0.25) is 0 Å². The van der Waals surface area contributed by atoms with Gasteiger partial charge in [-0.25, -0.2) is 4.52 Å². The maximum absolute atomic E-state index is 9.44. The van der Waals surface area contributed by atoms with Crippen molar-refractivity contribution < 1.29 is 0 Å². The number of anilines is 1. The zero-order chi connectivity index (χ0) is 14.7. The molecule has 0 saturated carbocycles. The number of hydrogen-bond donors (Lipinski definition) is 1. The van der Waals surface area contributed by atoms with Gasteiger partial charge in [-0.2, -0.15) is 10.4 Å². The average Bonchev–Trinajstić information content (AvgIpc) is 2.91. The van der Waals surface area contributed by atoms with Crippen LogP contribution in [-0.4, -0.2) is 21.1 Å². The zero-order valence-electron chi connectivity index (χ0n) is 11.7. The first-order chi connectivity index (χ1) is 10.3. The van der Waals surface area contributed by atoms with Gasteiger partial charge in [0, 0.05) is 24.5 Å². The van der Waals surface area contributed by atoms with Crippen molar-refractivity contribution in [1.82, 2.24) is 14.6 Å². The third kappa shape index (κ3) is 2.43. The molecular weight excluding hydrogens is 262 g/mol. The normalized spacial score (nSPS) is 10.5. The minimum atomic E-state index is 0.574. The topological polar surface area (TPSA) is 66.0 Å². The Morgan fingerprint density at radius 3 is 2.95 bits per heavy atom. The van der Waals surface area contributed by atoms with E-state index in [0.717, 1.165) is 29.7 Å². The summed E-state index contributed by atoms with van der Waals surface area (Å²) in [6, 6.07) is 9.89. The van der Waals surface area contributed by atoms with Gasteiger partial charge in [-0.3, -0.25) is 4.98 Å². The van der Waals surface area contributed by atoms with E-state index in [2.05, 4.69) is 28.4 Å². The van der Waals surface area contributed by atoms with Gasteiger partial charge in [-0.05, 0) is 30.7 Å². The van der Waals surface area contributed by atoms with Crippen LogP contribution in [0.4, 0.5) is 5.69 Å². The average molecular weight is 277 g/mol. The van der Waals surface area contributed by atoms with Gasteiger partial charge >= 0.3 is 0 Å². The fourth-order valence-electron chi connectivity index (χ4n) is 2.24. The molecule has 0 aliphatic heterocycles. The van der Waals surface area contributed by atoms with Crippen molar-refractivity contribution in [2.24, 2.45) is 0 Å². The lowest BCUT2D eigenvalue weighted by molar-refractivity contribution is 0.946. The van der Waals surface area contributed by atoms with Crippen LogP contribution in [-0.2, 0) is 0 Å². The summed E-state index contributed by atoms with van der Waals surface area (Å²) >= 11 is 0.